The summed E-state index contributed by atoms with van der Waals surface area (Å²) in [6.45, 7) is 11.7. The molecule has 1 heterocycles. The maximum atomic E-state index is 5.81. The molecule has 0 aromatic rings. The summed E-state index contributed by atoms with van der Waals surface area (Å²) in [5, 5.41) is 0. The molecule has 1 aliphatic rings. The van der Waals surface area contributed by atoms with Crippen LogP contribution in [0.25, 0.3) is 0 Å². The molecular formula is C15H27NO. The third kappa shape index (κ3) is 7.41. The lowest BCUT2D eigenvalue weighted by Gasteiger charge is -2.24. The minimum Gasteiger partial charge on any atom is -0.372 e. The standard InChI is InChI=1S/C15H27NO/c1-14(17-15(2,3)4)10-6-9-13-16-11-7-5-8-12-16/h14H,5,7-8,10-13H2,1-4H3/t14-/m1/s1. The SMILES string of the molecule is C[C@H](CC#CCN1CCCCC1)OC(C)(C)C. The molecule has 0 aliphatic carbocycles. The van der Waals surface area contributed by atoms with Gasteiger partial charge in [-0.1, -0.05) is 18.3 Å². The smallest absolute Gasteiger partial charge is 0.0663 e. The van der Waals surface area contributed by atoms with Gasteiger partial charge in [-0.25, -0.2) is 0 Å². The predicted molar refractivity (Wildman–Crippen MR) is 73.0 cm³/mol. The van der Waals surface area contributed by atoms with Crippen LogP contribution in [-0.2, 0) is 4.74 Å². The van der Waals surface area contributed by atoms with Gasteiger partial charge in [0.2, 0.25) is 0 Å². The molecule has 98 valence electrons. The number of nitrogens with zero attached hydrogens (tertiary/aromatic N) is 1. The molecule has 0 radical (unpaired) electrons. The maximum Gasteiger partial charge on any atom is 0.0663 e. The zero-order chi connectivity index (χ0) is 12.7. The molecule has 0 saturated carbocycles. The van der Waals surface area contributed by atoms with Crippen LogP contribution in [0.5, 0.6) is 0 Å². The second kappa shape index (κ2) is 7.03. The summed E-state index contributed by atoms with van der Waals surface area (Å²) >= 11 is 0. The van der Waals surface area contributed by atoms with Crippen molar-refractivity contribution >= 4 is 0 Å². The molecule has 1 aliphatic heterocycles. The third-order valence-corrected chi connectivity index (χ3v) is 2.82. The van der Waals surface area contributed by atoms with E-state index in [0.717, 1.165) is 13.0 Å². The second-order valence-corrected chi connectivity index (χ2v) is 5.94. The number of ether oxygens (including phenoxy) is 1. The van der Waals surface area contributed by atoms with Crippen molar-refractivity contribution in [3.63, 3.8) is 0 Å². The molecule has 0 N–H and O–H groups in total. The van der Waals surface area contributed by atoms with Gasteiger partial charge in [0.25, 0.3) is 0 Å². The summed E-state index contributed by atoms with van der Waals surface area (Å²) in [6.07, 6.45) is 5.13. The van der Waals surface area contributed by atoms with Crippen LogP contribution in [-0.4, -0.2) is 36.2 Å². The van der Waals surface area contributed by atoms with E-state index < -0.39 is 0 Å². The van der Waals surface area contributed by atoms with Crippen molar-refractivity contribution in [2.24, 2.45) is 0 Å². The average molecular weight is 237 g/mol. The topological polar surface area (TPSA) is 12.5 Å². The predicted octanol–water partition coefficient (Wildman–Crippen LogP) is 3.07. The minimum atomic E-state index is -0.0615. The Morgan fingerprint density at radius 3 is 2.35 bits per heavy atom. The van der Waals surface area contributed by atoms with Crippen molar-refractivity contribution in [2.75, 3.05) is 19.6 Å². The van der Waals surface area contributed by atoms with Gasteiger partial charge in [-0.2, -0.15) is 0 Å². The molecule has 17 heavy (non-hydrogen) atoms. The molecular weight excluding hydrogens is 210 g/mol. The van der Waals surface area contributed by atoms with Crippen LogP contribution >= 0.6 is 0 Å². The van der Waals surface area contributed by atoms with E-state index in [0.29, 0.717) is 0 Å². The van der Waals surface area contributed by atoms with Crippen molar-refractivity contribution in [2.45, 2.75) is 65.1 Å². The first-order chi connectivity index (χ1) is 7.97. The maximum absolute atomic E-state index is 5.81. The lowest BCUT2D eigenvalue weighted by Crippen LogP contribution is -2.30. The van der Waals surface area contributed by atoms with Gasteiger partial charge in [0.15, 0.2) is 0 Å². The van der Waals surface area contributed by atoms with Gasteiger partial charge in [0.1, 0.15) is 0 Å². The van der Waals surface area contributed by atoms with Crippen LogP contribution in [0.1, 0.15) is 53.4 Å². The first-order valence-corrected chi connectivity index (χ1v) is 6.83. The molecule has 1 atom stereocenters. The highest BCUT2D eigenvalue weighted by Crippen LogP contribution is 2.12. The van der Waals surface area contributed by atoms with Gasteiger partial charge in [-0.3, -0.25) is 4.90 Å². The number of rotatable bonds is 3. The molecule has 0 unspecified atom stereocenters. The molecule has 0 amide bonds. The summed E-state index contributed by atoms with van der Waals surface area (Å²) in [5.41, 5.74) is -0.0615. The Hall–Kier alpha value is -0.520. The molecule has 0 bridgehead atoms. The van der Waals surface area contributed by atoms with Gasteiger partial charge in [-0.05, 0) is 53.6 Å². The van der Waals surface area contributed by atoms with Crippen molar-refractivity contribution in [3.05, 3.63) is 0 Å². The Morgan fingerprint density at radius 1 is 1.12 bits per heavy atom. The molecule has 1 saturated heterocycles. The summed E-state index contributed by atoms with van der Waals surface area (Å²) in [7, 11) is 0. The van der Waals surface area contributed by atoms with E-state index in [1.165, 1.54) is 32.4 Å². The number of hydrogen-bond donors (Lipinski definition) is 0. The van der Waals surface area contributed by atoms with Crippen LogP contribution in [0.3, 0.4) is 0 Å². The van der Waals surface area contributed by atoms with E-state index in [9.17, 15) is 0 Å². The third-order valence-electron chi connectivity index (χ3n) is 2.82. The van der Waals surface area contributed by atoms with Gasteiger partial charge in [0, 0.05) is 6.42 Å². The summed E-state index contributed by atoms with van der Waals surface area (Å²) in [5.74, 6) is 6.51. The van der Waals surface area contributed by atoms with E-state index in [-0.39, 0.29) is 11.7 Å². The highest BCUT2D eigenvalue weighted by molar-refractivity contribution is 5.02. The summed E-state index contributed by atoms with van der Waals surface area (Å²) in [4.78, 5) is 2.45. The van der Waals surface area contributed by atoms with Crippen LogP contribution < -0.4 is 0 Å². The van der Waals surface area contributed by atoms with Gasteiger partial charge >= 0.3 is 0 Å². The molecule has 2 heteroatoms. The van der Waals surface area contributed by atoms with Gasteiger partial charge in [0.05, 0.1) is 18.2 Å². The monoisotopic (exact) mass is 237 g/mol. The fraction of sp³-hybridized carbons (Fsp3) is 0.867. The van der Waals surface area contributed by atoms with Crippen molar-refractivity contribution in [1.29, 1.82) is 0 Å². The first kappa shape index (κ1) is 14.5. The van der Waals surface area contributed by atoms with Crippen molar-refractivity contribution in [3.8, 4) is 11.8 Å². The fourth-order valence-electron chi connectivity index (χ4n) is 2.15. The molecule has 0 aromatic heterocycles. The lowest BCUT2D eigenvalue weighted by atomic mass is 10.1. The van der Waals surface area contributed by atoms with E-state index >= 15 is 0 Å². The molecule has 2 nitrogen and oxygen atoms in total. The highest BCUT2D eigenvalue weighted by Gasteiger charge is 2.14. The van der Waals surface area contributed by atoms with Crippen LogP contribution in [0.4, 0.5) is 0 Å². The van der Waals surface area contributed by atoms with Gasteiger partial charge < -0.3 is 4.74 Å². The van der Waals surface area contributed by atoms with Crippen LogP contribution in [0.15, 0.2) is 0 Å². The highest BCUT2D eigenvalue weighted by atomic mass is 16.5. The Bertz CT molecular complexity index is 263. The summed E-state index contributed by atoms with van der Waals surface area (Å²) in [6, 6.07) is 0. The van der Waals surface area contributed by atoms with Crippen LogP contribution in [0, 0.1) is 11.8 Å². The lowest BCUT2D eigenvalue weighted by molar-refractivity contribution is -0.0485. The van der Waals surface area contributed by atoms with E-state index in [1.54, 1.807) is 0 Å². The van der Waals surface area contributed by atoms with Gasteiger partial charge in [-0.15, -0.1) is 0 Å². The van der Waals surface area contributed by atoms with Crippen molar-refractivity contribution in [1.82, 2.24) is 4.90 Å². The number of piperidine rings is 1. The Morgan fingerprint density at radius 2 is 1.76 bits per heavy atom. The Labute approximate surface area is 107 Å². The molecule has 1 rings (SSSR count). The molecule has 0 spiro atoms. The minimum absolute atomic E-state index is 0.0615. The average Bonchev–Trinajstić information content (AvgIpc) is 2.23. The Balaban J connectivity index is 2.16. The number of hydrogen-bond acceptors (Lipinski definition) is 2. The number of likely N-dealkylation sites (tertiary alicyclic amines) is 1. The largest absolute Gasteiger partial charge is 0.372 e. The zero-order valence-electron chi connectivity index (χ0n) is 11.9. The molecule has 1 fully saturated rings. The Kier molecular flexibility index (Phi) is 6.02. The first-order valence-electron chi connectivity index (χ1n) is 6.83. The van der Waals surface area contributed by atoms with E-state index in [4.69, 9.17) is 4.74 Å². The normalized spacial score (nSPS) is 19.5. The molecule has 0 aromatic carbocycles. The van der Waals surface area contributed by atoms with Crippen molar-refractivity contribution < 1.29 is 4.74 Å². The fourth-order valence-corrected chi connectivity index (χ4v) is 2.15. The quantitative estimate of drug-likeness (QED) is 0.699. The summed E-state index contributed by atoms with van der Waals surface area (Å²) < 4.78 is 5.81. The second-order valence-electron chi connectivity index (χ2n) is 5.94. The van der Waals surface area contributed by atoms with E-state index in [1.807, 2.05) is 0 Å². The van der Waals surface area contributed by atoms with Crippen LogP contribution in [0.2, 0.25) is 0 Å². The zero-order valence-corrected chi connectivity index (χ0v) is 11.9. The van der Waals surface area contributed by atoms with E-state index in [2.05, 4.69) is 44.4 Å².